The summed E-state index contributed by atoms with van der Waals surface area (Å²) in [4.78, 5) is 11.5. The van der Waals surface area contributed by atoms with E-state index in [1.807, 2.05) is 0 Å². The van der Waals surface area contributed by atoms with Crippen LogP contribution in [0.3, 0.4) is 0 Å². The standard InChI is InChI=1S/C15H19Cl2NO2/c16-10-7-8-12(13(17)9-10)14(15(19)20)18-11-5-3-1-2-4-6-11/h7-9,11,14,18H,1-6H2,(H,19,20). The smallest absolute Gasteiger partial charge is 0.325 e. The van der Waals surface area contributed by atoms with Crippen LogP contribution < -0.4 is 5.32 Å². The van der Waals surface area contributed by atoms with Crippen LogP contribution in [-0.2, 0) is 4.79 Å². The minimum Gasteiger partial charge on any atom is -0.480 e. The van der Waals surface area contributed by atoms with Crippen molar-refractivity contribution in [2.45, 2.75) is 50.6 Å². The SMILES string of the molecule is O=C(O)C(NC1CCCCCC1)c1ccc(Cl)cc1Cl. The highest BCUT2D eigenvalue weighted by Gasteiger charge is 2.25. The summed E-state index contributed by atoms with van der Waals surface area (Å²) in [5, 5.41) is 13.6. The first kappa shape index (κ1) is 15.6. The molecule has 1 aliphatic rings. The van der Waals surface area contributed by atoms with E-state index in [0.29, 0.717) is 15.6 Å². The zero-order chi connectivity index (χ0) is 14.5. The lowest BCUT2D eigenvalue weighted by molar-refractivity contribution is -0.140. The maximum atomic E-state index is 11.5. The molecule has 0 radical (unpaired) electrons. The van der Waals surface area contributed by atoms with E-state index in [9.17, 15) is 9.90 Å². The molecule has 110 valence electrons. The van der Waals surface area contributed by atoms with E-state index in [1.165, 1.54) is 12.8 Å². The molecule has 0 bridgehead atoms. The van der Waals surface area contributed by atoms with Crippen molar-refractivity contribution in [3.63, 3.8) is 0 Å². The molecule has 0 amide bonds. The summed E-state index contributed by atoms with van der Waals surface area (Å²) in [5.74, 6) is -0.904. The van der Waals surface area contributed by atoms with Gasteiger partial charge in [-0.05, 0) is 30.5 Å². The molecular weight excluding hydrogens is 297 g/mol. The van der Waals surface area contributed by atoms with Crippen LogP contribution in [-0.4, -0.2) is 17.1 Å². The van der Waals surface area contributed by atoms with E-state index in [-0.39, 0.29) is 6.04 Å². The zero-order valence-corrected chi connectivity index (χ0v) is 12.8. The van der Waals surface area contributed by atoms with E-state index in [0.717, 1.165) is 25.7 Å². The van der Waals surface area contributed by atoms with Crippen molar-refractivity contribution in [1.29, 1.82) is 0 Å². The molecule has 0 aliphatic heterocycles. The van der Waals surface area contributed by atoms with E-state index in [1.54, 1.807) is 18.2 Å². The highest BCUT2D eigenvalue weighted by atomic mass is 35.5. The molecule has 1 aliphatic carbocycles. The van der Waals surface area contributed by atoms with Crippen molar-refractivity contribution in [2.24, 2.45) is 0 Å². The number of hydrogen-bond acceptors (Lipinski definition) is 2. The summed E-state index contributed by atoms with van der Waals surface area (Å²) in [7, 11) is 0. The van der Waals surface area contributed by atoms with Gasteiger partial charge in [-0.3, -0.25) is 10.1 Å². The van der Waals surface area contributed by atoms with E-state index < -0.39 is 12.0 Å². The molecule has 0 heterocycles. The lowest BCUT2D eigenvalue weighted by atomic mass is 10.0. The predicted molar refractivity (Wildman–Crippen MR) is 81.5 cm³/mol. The summed E-state index contributed by atoms with van der Waals surface area (Å²) in [5.41, 5.74) is 0.577. The number of hydrogen-bond donors (Lipinski definition) is 2. The van der Waals surface area contributed by atoms with Gasteiger partial charge >= 0.3 is 5.97 Å². The zero-order valence-electron chi connectivity index (χ0n) is 11.2. The fraction of sp³-hybridized carbons (Fsp3) is 0.533. The van der Waals surface area contributed by atoms with E-state index in [2.05, 4.69) is 5.32 Å². The maximum absolute atomic E-state index is 11.5. The first-order chi connectivity index (χ1) is 9.58. The van der Waals surface area contributed by atoms with Crippen LogP contribution in [0, 0.1) is 0 Å². The van der Waals surface area contributed by atoms with Gasteiger partial charge in [-0.2, -0.15) is 0 Å². The van der Waals surface area contributed by atoms with Crippen LogP contribution in [0.1, 0.15) is 50.1 Å². The lowest BCUT2D eigenvalue weighted by Gasteiger charge is -2.23. The Hall–Kier alpha value is -0.770. The Morgan fingerprint density at radius 3 is 2.40 bits per heavy atom. The van der Waals surface area contributed by atoms with Gasteiger partial charge in [-0.1, -0.05) is 55.0 Å². The third-order valence-corrected chi connectivity index (χ3v) is 4.34. The topological polar surface area (TPSA) is 49.3 Å². The number of carboxylic acids is 1. The molecule has 1 aromatic rings. The van der Waals surface area contributed by atoms with Crippen LogP contribution in [0.2, 0.25) is 10.0 Å². The van der Waals surface area contributed by atoms with Crippen molar-refractivity contribution >= 4 is 29.2 Å². The number of nitrogens with one attached hydrogen (secondary N) is 1. The molecule has 20 heavy (non-hydrogen) atoms. The molecule has 0 aromatic heterocycles. The Balaban J connectivity index is 2.15. The molecule has 1 unspecified atom stereocenters. The van der Waals surface area contributed by atoms with Gasteiger partial charge in [0.15, 0.2) is 0 Å². The third-order valence-electron chi connectivity index (χ3n) is 3.78. The van der Waals surface area contributed by atoms with Crippen LogP contribution >= 0.6 is 23.2 Å². The van der Waals surface area contributed by atoms with Crippen molar-refractivity contribution in [1.82, 2.24) is 5.32 Å². The number of benzene rings is 1. The molecule has 5 heteroatoms. The molecule has 1 aromatic carbocycles. The lowest BCUT2D eigenvalue weighted by Crippen LogP contribution is -2.37. The number of carboxylic acid groups (broad SMARTS) is 1. The third kappa shape index (κ3) is 4.11. The highest BCUT2D eigenvalue weighted by Crippen LogP contribution is 2.28. The second-order valence-electron chi connectivity index (χ2n) is 5.29. The largest absolute Gasteiger partial charge is 0.480 e. The minimum absolute atomic E-state index is 0.241. The Bertz CT molecular complexity index is 471. The Morgan fingerprint density at radius 1 is 1.20 bits per heavy atom. The summed E-state index contributed by atoms with van der Waals surface area (Å²) < 4.78 is 0. The van der Waals surface area contributed by atoms with Crippen LogP contribution in [0.5, 0.6) is 0 Å². The minimum atomic E-state index is -0.904. The normalized spacial score (nSPS) is 18.5. The summed E-state index contributed by atoms with van der Waals surface area (Å²) in [6.07, 6.45) is 6.82. The van der Waals surface area contributed by atoms with Gasteiger partial charge < -0.3 is 5.11 Å². The van der Waals surface area contributed by atoms with Gasteiger partial charge in [-0.15, -0.1) is 0 Å². The monoisotopic (exact) mass is 315 g/mol. The average Bonchev–Trinajstić information content (AvgIpc) is 2.65. The van der Waals surface area contributed by atoms with E-state index >= 15 is 0 Å². The van der Waals surface area contributed by atoms with Crippen molar-refractivity contribution < 1.29 is 9.90 Å². The number of carbonyl (C=O) groups is 1. The molecule has 1 saturated carbocycles. The fourth-order valence-electron chi connectivity index (χ4n) is 2.71. The molecule has 1 fully saturated rings. The molecule has 0 saturated heterocycles. The van der Waals surface area contributed by atoms with Crippen LogP contribution in [0.4, 0.5) is 0 Å². The van der Waals surface area contributed by atoms with Crippen molar-refractivity contribution in [3.05, 3.63) is 33.8 Å². The molecule has 2 rings (SSSR count). The van der Waals surface area contributed by atoms with Gasteiger partial charge in [0.25, 0.3) is 0 Å². The quantitative estimate of drug-likeness (QED) is 0.808. The molecular formula is C15H19Cl2NO2. The van der Waals surface area contributed by atoms with Crippen molar-refractivity contribution in [3.8, 4) is 0 Å². The average molecular weight is 316 g/mol. The number of aliphatic carboxylic acids is 1. The second kappa shape index (κ2) is 7.30. The summed E-state index contributed by atoms with van der Waals surface area (Å²) >= 11 is 12.0. The fourth-order valence-corrected chi connectivity index (χ4v) is 3.23. The second-order valence-corrected chi connectivity index (χ2v) is 6.14. The molecule has 0 spiro atoms. The van der Waals surface area contributed by atoms with Gasteiger partial charge in [0.2, 0.25) is 0 Å². The van der Waals surface area contributed by atoms with Crippen LogP contribution in [0.15, 0.2) is 18.2 Å². The Morgan fingerprint density at radius 2 is 1.85 bits per heavy atom. The number of halogens is 2. The molecule has 2 N–H and O–H groups in total. The van der Waals surface area contributed by atoms with Gasteiger partial charge in [-0.25, -0.2) is 0 Å². The highest BCUT2D eigenvalue weighted by molar-refractivity contribution is 6.35. The summed E-state index contributed by atoms with van der Waals surface area (Å²) in [6.45, 7) is 0. The van der Waals surface area contributed by atoms with Crippen molar-refractivity contribution in [2.75, 3.05) is 0 Å². The van der Waals surface area contributed by atoms with Crippen LogP contribution in [0.25, 0.3) is 0 Å². The first-order valence-electron chi connectivity index (χ1n) is 7.01. The van der Waals surface area contributed by atoms with Gasteiger partial charge in [0.1, 0.15) is 6.04 Å². The Kier molecular flexibility index (Phi) is 5.70. The number of rotatable bonds is 4. The van der Waals surface area contributed by atoms with Gasteiger partial charge in [0, 0.05) is 16.1 Å². The van der Waals surface area contributed by atoms with Gasteiger partial charge in [0.05, 0.1) is 0 Å². The predicted octanol–water partition coefficient (Wildman–Crippen LogP) is 4.43. The summed E-state index contributed by atoms with van der Waals surface area (Å²) in [6, 6.07) is 4.41. The molecule has 3 nitrogen and oxygen atoms in total. The molecule has 1 atom stereocenters. The Labute approximate surface area is 129 Å². The first-order valence-corrected chi connectivity index (χ1v) is 7.77. The van der Waals surface area contributed by atoms with E-state index in [4.69, 9.17) is 23.2 Å². The maximum Gasteiger partial charge on any atom is 0.325 e.